The Bertz CT molecular complexity index is 550. The van der Waals surface area contributed by atoms with E-state index in [9.17, 15) is 4.79 Å². The van der Waals surface area contributed by atoms with Crippen LogP contribution in [0.5, 0.6) is 0 Å². The minimum atomic E-state index is 0. The molecule has 1 amide bonds. The first-order chi connectivity index (χ1) is 12.2. The van der Waals surface area contributed by atoms with E-state index in [-0.39, 0.29) is 24.0 Å². The predicted molar refractivity (Wildman–Crippen MR) is 122 cm³/mol. The number of amides is 1. The first kappa shape index (κ1) is 23.2. The summed E-state index contributed by atoms with van der Waals surface area (Å²) in [4.78, 5) is 22.4. The molecule has 0 spiro atoms. The van der Waals surface area contributed by atoms with E-state index in [0.717, 1.165) is 57.8 Å². The Balaban J connectivity index is 0.00000338. The fraction of sp³-hybridized carbons (Fsp3) is 0.684. The molecule has 1 fully saturated rings. The van der Waals surface area contributed by atoms with E-state index >= 15 is 0 Å². The topological polar surface area (TPSA) is 47.9 Å². The molecule has 1 atom stereocenters. The summed E-state index contributed by atoms with van der Waals surface area (Å²) in [6.07, 6.45) is 4.71. The molecular formula is C19H33IN4OS. The first-order valence-corrected chi connectivity index (χ1v) is 10.3. The third-order valence-electron chi connectivity index (χ3n) is 4.72. The second-order valence-electron chi connectivity index (χ2n) is 6.53. The molecule has 5 nitrogen and oxygen atoms in total. The van der Waals surface area contributed by atoms with Crippen molar-refractivity contribution in [2.45, 2.75) is 52.0 Å². The molecule has 1 aromatic rings. The highest BCUT2D eigenvalue weighted by molar-refractivity contribution is 14.0. The molecule has 1 aliphatic heterocycles. The fourth-order valence-electron chi connectivity index (χ4n) is 3.26. The Morgan fingerprint density at radius 1 is 1.46 bits per heavy atom. The monoisotopic (exact) mass is 492 g/mol. The van der Waals surface area contributed by atoms with Crippen molar-refractivity contribution in [3.05, 3.63) is 22.4 Å². The van der Waals surface area contributed by atoms with Gasteiger partial charge < -0.3 is 15.1 Å². The van der Waals surface area contributed by atoms with Crippen LogP contribution in [0.2, 0.25) is 0 Å². The lowest BCUT2D eigenvalue weighted by Gasteiger charge is -2.27. The van der Waals surface area contributed by atoms with E-state index in [2.05, 4.69) is 53.5 Å². The summed E-state index contributed by atoms with van der Waals surface area (Å²) < 4.78 is 0. The summed E-state index contributed by atoms with van der Waals surface area (Å²) >= 11 is 1.80. The molecule has 1 aromatic heterocycles. The van der Waals surface area contributed by atoms with Crippen LogP contribution in [0.1, 0.15) is 44.4 Å². The van der Waals surface area contributed by atoms with E-state index in [1.807, 2.05) is 0 Å². The molecule has 0 radical (unpaired) electrons. The molecule has 7 heteroatoms. The molecular weight excluding hydrogens is 459 g/mol. The zero-order chi connectivity index (χ0) is 18.1. The van der Waals surface area contributed by atoms with E-state index < -0.39 is 0 Å². The van der Waals surface area contributed by atoms with Crippen molar-refractivity contribution in [3.8, 4) is 0 Å². The number of carbonyl (C=O) groups excluding carboxylic acids is 1. The van der Waals surface area contributed by atoms with Gasteiger partial charge in [0.05, 0.1) is 0 Å². The Hall–Kier alpha value is -0.830. The van der Waals surface area contributed by atoms with Crippen LogP contribution < -0.4 is 5.32 Å². The Morgan fingerprint density at radius 2 is 2.27 bits per heavy atom. The van der Waals surface area contributed by atoms with Gasteiger partial charge in [-0.1, -0.05) is 13.0 Å². The average Bonchev–Trinajstić information content (AvgIpc) is 3.27. The van der Waals surface area contributed by atoms with Gasteiger partial charge in [0.25, 0.3) is 0 Å². The van der Waals surface area contributed by atoms with E-state index in [1.54, 1.807) is 11.3 Å². The van der Waals surface area contributed by atoms with Gasteiger partial charge in [-0.2, -0.15) is 0 Å². The molecule has 0 bridgehead atoms. The van der Waals surface area contributed by atoms with Gasteiger partial charge in [0.1, 0.15) is 0 Å². The molecule has 1 aliphatic rings. The second kappa shape index (κ2) is 12.5. The Kier molecular flexibility index (Phi) is 11.2. The Morgan fingerprint density at radius 3 is 2.85 bits per heavy atom. The zero-order valence-electron chi connectivity index (χ0n) is 16.2. The predicted octanol–water partition coefficient (Wildman–Crippen LogP) is 3.60. The number of likely N-dealkylation sites (tertiary alicyclic amines) is 1. The molecule has 1 N–H and O–H groups in total. The van der Waals surface area contributed by atoms with Gasteiger partial charge in [-0.15, -0.1) is 35.3 Å². The van der Waals surface area contributed by atoms with Gasteiger partial charge in [0, 0.05) is 50.6 Å². The number of carbonyl (C=O) groups is 1. The molecule has 148 valence electrons. The molecule has 1 saturated heterocycles. The highest BCUT2D eigenvalue weighted by Crippen LogP contribution is 2.18. The number of hydrogen-bond acceptors (Lipinski definition) is 3. The van der Waals surface area contributed by atoms with Crippen LogP contribution >= 0.6 is 35.3 Å². The third kappa shape index (κ3) is 7.06. The summed E-state index contributed by atoms with van der Waals surface area (Å²) in [5, 5.41) is 5.51. The molecule has 0 saturated carbocycles. The lowest BCUT2D eigenvalue weighted by molar-refractivity contribution is -0.129. The van der Waals surface area contributed by atoms with Gasteiger partial charge in [-0.25, -0.2) is 0 Å². The minimum Gasteiger partial charge on any atom is -0.357 e. The maximum absolute atomic E-state index is 12.0. The standard InChI is InChI=1S/C19H32N4OS.HI/c1-4-16(23-13-6-9-18(23)24)10-12-21-19(20-5-2)22(3)14-11-17-8-7-15-25-17;/h7-8,15-16H,4-6,9-14H2,1-3H3,(H,20,21);1H. The number of halogens is 1. The quantitative estimate of drug-likeness (QED) is 0.326. The van der Waals surface area contributed by atoms with E-state index in [1.165, 1.54) is 4.88 Å². The SMILES string of the molecule is CCNC(=NCCC(CC)N1CCCC1=O)N(C)CCc1cccs1.I. The van der Waals surface area contributed by atoms with Crippen molar-refractivity contribution in [3.63, 3.8) is 0 Å². The number of nitrogens with zero attached hydrogens (tertiary/aromatic N) is 3. The van der Waals surface area contributed by atoms with Crippen LogP contribution in [-0.2, 0) is 11.2 Å². The summed E-state index contributed by atoms with van der Waals surface area (Å²) in [6, 6.07) is 4.61. The lowest BCUT2D eigenvalue weighted by atomic mass is 10.1. The second-order valence-corrected chi connectivity index (χ2v) is 7.56. The molecule has 2 heterocycles. The van der Waals surface area contributed by atoms with E-state index in [0.29, 0.717) is 18.4 Å². The van der Waals surface area contributed by atoms with E-state index in [4.69, 9.17) is 4.99 Å². The average molecular weight is 492 g/mol. The number of hydrogen-bond donors (Lipinski definition) is 1. The van der Waals surface area contributed by atoms with Gasteiger partial charge in [0.2, 0.25) is 5.91 Å². The summed E-state index contributed by atoms with van der Waals surface area (Å²) in [5.41, 5.74) is 0. The zero-order valence-corrected chi connectivity index (χ0v) is 19.4. The molecule has 0 aromatic carbocycles. The maximum Gasteiger partial charge on any atom is 0.222 e. The summed E-state index contributed by atoms with van der Waals surface area (Å²) in [5.74, 6) is 1.28. The maximum atomic E-state index is 12.0. The lowest BCUT2D eigenvalue weighted by Crippen LogP contribution is -2.40. The van der Waals surface area contributed by atoms with Crippen LogP contribution in [0, 0.1) is 0 Å². The van der Waals surface area contributed by atoms with Crippen LogP contribution in [-0.4, -0.2) is 60.9 Å². The highest BCUT2D eigenvalue weighted by Gasteiger charge is 2.26. The largest absolute Gasteiger partial charge is 0.357 e. The summed E-state index contributed by atoms with van der Waals surface area (Å²) in [6.45, 7) is 7.76. The number of thiophene rings is 1. The van der Waals surface area contributed by atoms with Crippen molar-refractivity contribution in [1.29, 1.82) is 0 Å². The number of aliphatic imine (C=N–C) groups is 1. The molecule has 2 rings (SSSR count). The third-order valence-corrected chi connectivity index (χ3v) is 5.65. The van der Waals surface area contributed by atoms with Crippen LogP contribution in [0.25, 0.3) is 0 Å². The molecule has 26 heavy (non-hydrogen) atoms. The number of rotatable bonds is 9. The fourth-order valence-corrected chi connectivity index (χ4v) is 3.96. The highest BCUT2D eigenvalue weighted by atomic mass is 127. The molecule has 0 aliphatic carbocycles. The molecule has 1 unspecified atom stereocenters. The van der Waals surface area contributed by atoms with Crippen molar-refractivity contribution in [1.82, 2.24) is 15.1 Å². The Labute approximate surface area is 179 Å². The van der Waals surface area contributed by atoms with Gasteiger partial charge >= 0.3 is 0 Å². The number of nitrogens with one attached hydrogen (secondary N) is 1. The van der Waals surface area contributed by atoms with Crippen molar-refractivity contribution < 1.29 is 4.79 Å². The van der Waals surface area contributed by atoms with Crippen LogP contribution in [0.3, 0.4) is 0 Å². The summed E-state index contributed by atoms with van der Waals surface area (Å²) in [7, 11) is 2.09. The minimum absolute atomic E-state index is 0. The number of likely N-dealkylation sites (N-methyl/N-ethyl adjacent to an activating group) is 1. The smallest absolute Gasteiger partial charge is 0.222 e. The van der Waals surface area contributed by atoms with Crippen LogP contribution in [0.15, 0.2) is 22.5 Å². The van der Waals surface area contributed by atoms with Crippen molar-refractivity contribution >= 4 is 47.2 Å². The van der Waals surface area contributed by atoms with Crippen molar-refractivity contribution in [2.24, 2.45) is 4.99 Å². The van der Waals surface area contributed by atoms with Crippen molar-refractivity contribution in [2.75, 3.05) is 33.2 Å². The normalized spacial score (nSPS) is 15.7. The van der Waals surface area contributed by atoms with Gasteiger partial charge in [-0.05, 0) is 44.1 Å². The van der Waals surface area contributed by atoms with Crippen LogP contribution in [0.4, 0.5) is 0 Å². The number of guanidine groups is 1. The van der Waals surface area contributed by atoms with Gasteiger partial charge in [-0.3, -0.25) is 9.79 Å². The first-order valence-electron chi connectivity index (χ1n) is 9.47. The van der Waals surface area contributed by atoms with Gasteiger partial charge in [0.15, 0.2) is 5.96 Å².